The van der Waals surface area contributed by atoms with Gasteiger partial charge in [-0.25, -0.2) is 4.98 Å². The third-order valence-corrected chi connectivity index (χ3v) is 4.96. The van der Waals surface area contributed by atoms with Crippen LogP contribution in [0.5, 0.6) is 0 Å². The molecule has 1 fully saturated rings. The van der Waals surface area contributed by atoms with Crippen LogP contribution in [0.3, 0.4) is 0 Å². The standard InChI is InChI=1S/C12H18N2S/c1-9-4-5-14-10(7-9)8-13-12(14)11-3-2-6-15-11/h8-9,11H,2-7H2,1H3. The van der Waals surface area contributed by atoms with Crippen LogP contribution >= 0.6 is 11.8 Å². The van der Waals surface area contributed by atoms with Crippen molar-refractivity contribution in [3.05, 3.63) is 17.7 Å². The summed E-state index contributed by atoms with van der Waals surface area (Å²) >= 11 is 2.09. The Hall–Kier alpha value is -0.440. The molecular formula is C12H18N2S. The normalized spacial score (nSPS) is 30.5. The van der Waals surface area contributed by atoms with Crippen molar-refractivity contribution in [3.8, 4) is 0 Å². The molecule has 0 spiro atoms. The van der Waals surface area contributed by atoms with Gasteiger partial charge in [-0.15, -0.1) is 0 Å². The number of hydrogen-bond acceptors (Lipinski definition) is 2. The second-order valence-electron chi connectivity index (χ2n) is 4.86. The Morgan fingerprint density at radius 2 is 2.40 bits per heavy atom. The molecule has 0 amide bonds. The molecule has 0 aromatic carbocycles. The SMILES string of the molecule is CC1CCn2c(cnc2C2CCCS2)C1. The summed E-state index contributed by atoms with van der Waals surface area (Å²) in [5, 5.41) is 0.687. The molecule has 1 saturated heterocycles. The van der Waals surface area contributed by atoms with Crippen molar-refractivity contribution in [2.45, 2.75) is 44.4 Å². The van der Waals surface area contributed by atoms with Crippen LogP contribution in [0.15, 0.2) is 6.20 Å². The molecule has 3 rings (SSSR count). The molecule has 2 atom stereocenters. The Balaban J connectivity index is 1.90. The first-order valence-corrected chi connectivity index (χ1v) is 7.05. The van der Waals surface area contributed by atoms with E-state index < -0.39 is 0 Å². The van der Waals surface area contributed by atoms with Crippen molar-refractivity contribution in [1.29, 1.82) is 0 Å². The zero-order valence-corrected chi connectivity index (χ0v) is 10.1. The average molecular weight is 222 g/mol. The van der Waals surface area contributed by atoms with Gasteiger partial charge >= 0.3 is 0 Å². The third-order valence-electron chi connectivity index (χ3n) is 3.59. The van der Waals surface area contributed by atoms with Gasteiger partial charge in [0.1, 0.15) is 5.82 Å². The van der Waals surface area contributed by atoms with Crippen molar-refractivity contribution in [1.82, 2.24) is 9.55 Å². The number of thioether (sulfide) groups is 1. The smallest absolute Gasteiger partial charge is 0.122 e. The fourth-order valence-electron chi connectivity index (χ4n) is 2.70. The number of imidazole rings is 1. The maximum atomic E-state index is 4.66. The minimum atomic E-state index is 0.687. The summed E-state index contributed by atoms with van der Waals surface area (Å²) in [7, 11) is 0. The summed E-state index contributed by atoms with van der Waals surface area (Å²) in [6.07, 6.45) is 7.37. The van der Waals surface area contributed by atoms with Gasteiger partial charge in [-0.3, -0.25) is 0 Å². The van der Waals surface area contributed by atoms with E-state index in [1.165, 1.54) is 49.5 Å². The van der Waals surface area contributed by atoms with Crippen molar-refractivity contribution >= 4 is 11.8 Å². The molecule has 82 valence electrons. The second-order valence-corrected chi connectivity index (χ2v) is 6.17. The van der Waals surface area contributed by atoms with E-state index in [0.29, 0.717) is 5.25 Å². The summed E-state index contributed by atoms with van der Waals surface area (Å²) < 4.78 is 2.49. The molecule has 15 heavy (non-hydrogen) atoms. The minimum absolute atomic E-state index is 0.687. The molecule has 0 bridgehead atoms. The van der Waals surface area contributed by atoms with Crippen LogP contribution in [-0.2, 0) is 13.0 Å². The number of rotatable bonds is 1. The molecule has 0 radical (unpaired) electrons. The van der Waals surface area contributed by atoms with Crippen LogP contribution in [0.25, 0.3) is 0 Å². The molecular weight excluding hydrogens is 204 g/mol. The lowest BCUT2D eigenvalue weighted by molar-refractivity contribution is 0.408. The molecule has 2 nitrogen and oxygen atoms in total. The Labute approximate surface area is 95.5 Å². The van der Waals surface area contributed by atoms with E-state index in [2.05, 4.69) is 34.4 Å². The lowest BCUT2D eigenvalue weighted by atomic mass is 9.98. The first-order chi connectivity index (χ1) is 7.34. The zero-order chi connectivity index (χ0) is 10.3. The van der Waals surface area contributed by atoms with Crippen LogP contribution in [0.1, 0.15) is 43.0 Å². The van der Waals surface area contributed by atoms with Crippen LogP contribution in [0, 0.1) is 5.92 Å². The summed E-state index contributed by atoms with van der Waals surface area (Å²) in [6.45, 7) is 3.55. The van der Waals surface area contributed by atoms with Gasteiger partial charge in [0.25, 0.3) is 0 Å². The van der Waals surface area contributed by atoms with Crippen LogP contribution in [-0.4, -0.2) is 15.3 Å². The van der Waals surface area contributed by atoms with Crippen LogP contribution < -0.4 is 0 Å². The lowest BCUT2D eigenvalue weighted by Crippen LogP contribution is -2.18. The van der Waals surface area contributed by atoms with Gasteiger partial charge in [0.15, 0.2) is 0 Å². The van der Waals surface area contributed by atoms with Gasteiger partial charge in [-0.05, 0) is 37.4 Å². The van der Waals surface area contributed by atoms with E-state index in [9.17, 15) is 0 Å². The Morgan fingerprint density at radius 1 is 1.47 bits per heavy atom. The highest BCUT2D eigenvalue weighted by Gasteiger charge is 2.26. The largest absolute Gasteiger partial charge is 0.331 e. The van der Waals surface area contributed by atoms with Crippen molar-refractivity contribution < 1.29 is 0 Å². The van der Waals surface area contributed by atoms with E-state index >= 15 is 0 Å². The van der Waals surface area contributed by atoms with E-state index in [1.807, 2.05) is 0 Å². The highest BCUT2D eigenvalue weighted by Crippen LogP contribution is 2.40. The van der Waals surface area contributed by atoms with Gasteiger partial charge in [0.05, 0.1) is 5.25 Å². The Morgan fingerprint density at radius 3 is 3.20 bits per heavy atom. The molecule has 3 heteroatoms. The maximum Gasteiger partial charge on any atom is 0.122 e. The molecule has 2 aliphatic rings. The monoisotopic (exact) mass is 222 g/mol. The number of nitrogens with zero attached hydrogens (tertiary/aromatic N) is 2. The highest BCUT2D eigenvalue weighted by atomic mass is 32.2. The fraction of sp³-hybridized carbons (Fsp3) is 0.750. The fourth-order valence-corrected chi connectivity index (χ4v) is 3.98. The molecule has 2 unspecified atom stereocenters. The van der Waals surface area contributed by atoms with Gasteiger partial charge in [0.2, 0.25) is 0 Å². The van der Waals surface area contributed by atoms with Gasteiger partial charge in [-0.2, -0.15) is 11.8 Å². The van der Waals surface area contributed by atoms with E-state index in [-0.39, 0.29) is 0 Å². The van der Waals surface area contributed by atoms with E-state index in [1.54, 1.807) is 0 Å². The molecule has 1 aromatic heterocycles. The highest BCUT2D eigenvalue weighted by molar-refractivity contribution is 7.99. The number of fused-ring (bicyclic) bond motifs is 1. The summed E-state index contributed by atoms with van der Waals surface area (Å²) in [6, 6.07) is 0. The van der Waals surface area contributed by atoms with Crippen molar-refractivity contribution in [3.63, 3.8) is 0 Å². The van der Waals surface area contributed by atoms with E-state index in [4.69, 9.17) is 0 Å². The van der Waals surface area contributed by atoms with Crippen molar-refractivity contribution in [2.24, 2.45) is 5.92 Å². The molecule has 1 aromatic rings. The Bertz CT molecular complexity index is 353. The van der Waals surface area contributed by atoms with E-state index in [0.717, 1.165) is 5.92 Å². The maximum absolute atomic E-state index is 4.66. The summed E-state index contributed by atoms with van der Waals surface area (Å²) in [5.41, 5.74) is 1.47. The number of hydrogen-bond donors (Lipinski definition) is 0. The molecule has 0 N–H and O–H groups in total. The first kappa shape index (κ1) is 9.76. The average Bonchev–Trinajstić information content (AvgIpc) is 2.82. The summed E-state index contributed by atoms with van der Waals surface area (Å²) in [5.74, 6) is 3.53. The topological polar surface area (TPSA) is 17.8 Å². The lowest BCUT2D eigenvalue weighted by Gasteiger charge is -2.23. The summed E-state index contributed by atoms with van der Waals surface area (Å²) in [4.78, 5) is 4.66. The second kappa shape index (κ2) is 3.85. The van der Waals surface area contributed by atoms with Crippen LogP contribution in [0.2, 0.25) is 0 Å². The zero-order valence-electron chi connectivity index (χ0n) is 9.28. The van der Waals surface area contributed by atoms with Gasteiger partial charge in [0, 0.05) is 18.4 Å². The predicted molar refractivity (Wildman–Crippen MR) is 64.1 cm³/mol. The van der Waals surface area contributed by atoms with Crippen molar-refractivity contribution in [2.75, 3.05) is 5.75 Å². The van der Waals surface area contributed by atoms with Gasteiger partial charge in [-0.1, -0.05) is 6.92 Å². The third kappa shape index (κ3) is 1.71. The quantitative estimate of drug-likeness (QED) is 0.727. The molecule has 0 aliphatic carbocycles. The minimum Gasteiger partial charge on any atom is -0.331 e. The molecule has 2 aliphatic heterocycles. The number of aromatic nitrogens is 2. The molecule has 3 heterocycles. The first-order valence-electron chi connectivity index (χ1n) is 6.00. The predicted octanol–water partition coefficient (Wildman–Crippen LogP) is 3.03. The molecule has 0 saturated carbocycles. The Kier molecular flexibility index (Phi) is 2.51. The van der Waals surface area contributed by atoms with Gasteiger partial charge < -0.3 is 4.57 Å². The van der Waals surface area contributed by atoms with Crippen LogP contribution in [0.4, 0.5) is 0 Å².